The molecule has 0 bridgehead atoms. The van der Waals surface area contributed by atoms with Crippen molar-refractivity contribution in [2.75, 3.05) is 6.54 Å². The predicted molar refractivity (Wildman–Crippen MR) is 41.6 cm³/mol. The summed E-state index contributed by atoms with van der Waals surface area (Å²) >= 11 is 0. The van der Waals surface area contributed by atoms with Crippen molar-refractivity contribution < 1.29 is 0 Å². The van der Waals surface area contributed by atoms with E-state index in [9.17, 15) is 0 Å². The molecule has 10 heavy (non-hydrogen) atoms. The maximum absolute atomic E-state index is 6.09. The van der Waals surface area contributed by atoms with E-state index < -0.39 is 0 Å². The van der Waals surface area contributed by atoms with Crippen LogP contribution in [0.2, 0.25) is 0 Å². The molecule has 0 aromatic carbocycles. The first-order valence-electron chi connectivity index (χ1n) is 4.26. The van der Waals surface area contributed by atoms with Crippen molar-refractivity contribution in [1.82, 2.24) is 4.90 Å². The van der Waals surface area contributed by atoms with Crippen molar-refractivity contribution in [1.29, 1.82) is 0 Å². The molecule has 2 rings (SSSR count). The van der Waals surface area contributed by atoms with Gasteiger partial charge < -0.3 is 5.73 Å². The molecule has 1 saturated carbocycles. The Morgan fingerprint density at radius 2 is 2.20 bits per heavy atom. The molecule has 1 saturated heterocycles. The van der Waals surface area contributed by atoms with Crippen LogP contribution in [0.25, 0.3) is 0 Å². The van der Waals surface area contributed by atoms with Crippen LogP contribution in [-0.4, -0.2) is 23.1 Å². The summed E-state index contributed by atoms with van der Waals surface area (Å²) in [4.78, 5) is 2.48. The minimum atomic E-state index is 0.0289. The SMILES string of the molecule is CC1(N)CCCN1C1CC1. The number of hydrogen-bond donors (Lipinski definition) is 1. The standard InChI is InChI=1S/C8H16N2/c1-8(9)5-2-6-10(8)7-3-4-7/h7H,2-6,9H2,1H3. The molecule has 1 aliphatic carbocycles. The molecule has 0 amide bonds. The Morgan fingerprint density at radius 1 is 1.50 bits per heavy atom. The van der Waals surface area contributed by atoms with Gasteiger partial charge in [0.05, 0.1) is 5.66 Å². The minimum absolute atomic E-state index is 0.0289. The average molecular weight is 140 g/mol. The highest BCUT2D eigenvalue weighted by Crippen LogP contribution is 2.36. The quantitative estimate of drug-likeness (QED) is 0.587. The van der Waals surface area contributed by atoms with Crippen LogP contribution in [0.5, 0.6) is 0 Å². The van der Waals surface area contributed by atoms with Gasteiger partial charge in [-0.1, -0.05) is 0 Å². The third-order valence-electron chi connectivity index (χ3n) is 2.73. The van der Waals surface area contributed by atoms with E-state index in [4.69, 9.17) is 5.73 Å². The monoisotopic (exact) mass is 140 g/mol. The normalized spacial score (nSPS) is 42.6. The Bertz CT molecular complexity index is 138. The van der Waals surface area contributed by atoms with Gasteiger partial charge in [0.15, 0.2) is 0 Å². The predicted octanol–water partition coefficient (Wildman–Crippen LogP) is 0.919. The summed E-state index contributed by atoms with van der Waals surface area (Å²) in [6.07, 6.45) is 5.24. The molecule has 2 fully saturated rings. The second-order valence-corrected chi connectivity index (χ2v) is 3.89. The fourth-order valence-corrected chi connectivity index (χ4v) is 1.99. The Kier molecular flexibility index (Phi) is 1.29. The zero-order chi connectivity index (χ0) is 7.19. The molecular weight excluding hydrogens is 124 g/mol. The number of nitrogens with zero attached hydrogens (tertiary/aromatic N) is 1. The molecule has 2 N–H and O–H groups in total. The minimum Gasteiger partial charge on any atom is -0.313 e. The van der Waals surface area contributed by atoms with Crippen molar-refractivity contribution in [2.24, 2.45) is 5.73 Å². The first kappa shape index (κ1) is 6.62. The van der Waals surface area contributed by atoms with Crippen molar-refractivity contribution in [3.8, 4) is 0 Å². The van der Waals surface area contributed by atoms with E-state index in [1.54, 1.807) is 0 Å². The largest absolute Gasteiger partial charge is 0.313 e. The molecule has 1 atom stereocenters. The Balaban J connectivity index is 2.05. The van der Waals surface area contributed by atoms with E-state index in [2.05, 4.69) is 11.8 Å². The molecule has 1 heterocycles. The fraction of sp³-hybridized carbons (Fsp3) is 1.00. The summed E-state index contributed by atoms with van der Waals surface area (Å²) in [7, 11) is 0. The summed E-state index contributed by atoms with van der Waals surface area (Å²) in [5, 5.41) is 0. The van der Waals surface area contributed by atoms with Crippen LogP contribution in [-0.2, 0) is 0 Å². The first-order chi connectivity index (χ1) is 4.70. The van der Waals surface area contributed by atoms with Gasteiger partial charge in [0.1, 0.15) is 0 Å². The van der Waals surface area contributed by atoms with E-state index in [1.165, 1.54) is 32.2 Å². The van der Waals surface area contributed by atoms with Crippen LogP contribution in [0.1, 0.15) is 32.6 Å². The lowest BCUT2D eigenvalue weighted by Crippen LogP contribution is -2.49. The summed E-state index contributed by atoms with van der Waals surface area (Å²) in [5.74, 6) is 0. The number of rotatable bonds is 1. The summed E-state index contributed by atoms with van der Waals surface area (Å²) in [5.41, 5.74) is 6.12. The number of nitrogens with two attached hydrogens (primary N) is 1. The van der Waals surface area contributed by atoms with E-state index in [0.717, 1.165) is 6.04 Å². The van der Waals surface area contributed by atoms with Gasteiger partial charge in [-0.25, -0.2) is 0 Å². The van der Waals surface area contributed by atoms with Gasteiger partial charge >= 0.3 is 0 Å². The van der Waals surface area contributed by atoms with Crippen LogP contribution in [0.3, 0.4) is 0 Å². The van der Waals surface area contributed by atoms with Crippen LogP contribution in [0, 0.1) is 0 Å². The molecule has 0 radical (unpaired) electrons. The van der Waals surface area contributed by atoms with E-state index in [0.29, 0.717) is 0 Å². The lowest BCUT2D eigenvalue weighted by atomic mass is 10.1. The van der Waals surface area contributed by atoms with Crippen LogP contribution in [0.4, 0.5) is 0 Å². The molecular formula is C8H16N2. The first-order valence-corrected chi connectivity index (χ1v) is 4.26. The lowest BCUT2D eigenvalue weighted by molar-refractivity contribution is 0.153. The molecule has 2 nitrogen and oxygen atoms in total. The highest BCUT2D eigenvalue weighted by atomic mass is 15.3. The Labute approximate surface area is 62.4 Å². The van der Waals surface area contributed by atoms with Crippen molar-refractivity contribution in [2.45, 2.75) is 44.3 Å². The van der Waals surface area contributed by atoms with Crippen LogP contribution >= 0.6 is 0 Å². The van der Waals surface area contributed by atoms with Gasteiger partial charge in [-0.2, -0.15) is 0 Å². The maximum Gasteiger partial charge on any atom is 0.0661 e. The topological polar surface area (TPSA) is 29.3 Å². The van der Waals surface area contributed by atoms with Crippen molar-refractivity contribution in [3.05, 3.63) is 0 Å². The van der Waals surface area contributed by atoms with E-state index in [1.807, 2.05) is 0 Å². The van der Waals surface area contributed by atoms with Gasteiger partial charge in [0.25, 0.3) is 0 Å². The van der Waals surface area contributed by atoms with Gasteiger partial charge in [-0.05, 0) is 32.6 Å². The third-order valence-corrected chi connectivity index (χ3v) is 2.73. The fourth-order valence-electron chi connectivity index (χ4n) is 1.99. The molecule has 0 spiro atoms. The van der Waals surface area contributed by atoms with Gasteiger partial charge in [0.2, 0.25) is 0 Å². The van der Waals surface area contributed by atoms with Gasteiger partial charge in [-0.15, -0.1) is 0 Å². The molecule has 0 aromatic rings. The van der Waals surface area contributed by atoms with Crippen molar-refractivity contribution >= 4 is 0 Å². The Morgan fingerprint density at radius 3 is 2.60 bits per heavy atom. The molecule has 1 unspecified atom stereocenters. The zero-order valence-electron chi connectivity index (χ0n) is 6.64. The van der Waals surface area contributed by atoms with Gasteiger partial charge in [-0.3, -0.25) is 4.90 Å². The summed E-state index contributed by atoms with van der Waals surface area (Å²) < 4.78 is 0. The van der Waals surface area contributed by atoms with Crippen molar-refractivity contribution in [3.63, 3.8) is 0 Å². The number of likely N-dealkylation sites (tertiary alicyclic amines) is 1. The lowest BCUT2D eigenvalue weighted by Gasteiger charge is -2.31. The van der Waals surface area contributed by atoms with Crippen LogP contribution < -0.4 is 5.73 Å². The second kappa shape index (κ2) is 1.95. The smallest absolute Gasteiger partial charge is 0.0661 e. The van der Waals surface area contributed by atoms with Gasteiger partial charge in [0, 0.05) is 12.6 Å². The highest BCUT2D eigenvalue weighted by molar-refractivity contribution is 4.96. The summed E-state index contributed by atoms with van der Waals surface area (Å²) in [6, 6.07) is 0.845. The Hall–Kier alpha value is -0.0800. The zero-order valence-corrected chi connectivity index (χ0v) is 6.64. The maximum atomic E-state index is 6.09. The van der Waals surface area contributed by atoms with Crippen LogP contribution in [0.15, 0.2) is 0 Å². The molecule has 58 valence electrons. The average Bonchev–Trinajstić information content (AvgIpc) is 2.58. The molecule has 2 heteroatoms. The van der Waals surface area contributed by atoms with E-state index in [-0.39, 0.29) is 5.66 Å². The molecule has 2 aliphatic rings. The summed E-state index contributed by atoms with van der Waals surface area (Å²) in [6.45, 7) is 3.40. The molecule has 0 aromatic heterocycles. The third kappa shape index (κ3) is 0.956. The number of hydrogen-bond acceptors (Lipinski definition) is 2. The second-order valence-electron chi connectivity index (χ2n) is 3.89. The van der Waals surface area contributed by atoms with E-state index >= 15 is 0 Å². The molecule has 1 aliphatic heterocycles. The highest BCUT2D eigenvalue weighted by Gasteiger charge is 2.41.